The lowest BCUT2D eigenvalue weighted by Gasteiger charge is -2.35. The highest BCUT2D eigenvalue weighted by Crippen LogP contribution is 2.17. The Morgan fingerprint density at radius 1 is 0.688 bits per heavy atom. The summed E-state index contributed by atoms with van der Waals surface area (Å²) in [5.74, 6) is -0.274. The van der Waals surface area contributed by atoms with Crippen molar-refractivity contribution in [3.63, 3.8) is 0 Å². The largest absolute Gasteiger partial charge is 0.339 e. The number of carbonyl (C=O) groups excluding carboxylic acids is 2. The molecule has 0 N–H and O–H groups in total. The smallest absolute Gasteiger partial charge is 0.254 e. The molecule has 1 aliphatic rings. The van der Waals surface area contributed by atoms with Gasteiger partial charge in [0.25, 0.3) is 5.91 Å². The van der Waals surface area contributed by atoms with Crippen LogP contribution in [0.4, 0.5) is 4.39 Å². The number of carbonyl (C=O) groups is 2. The summed E-state index contributed by atoms with van der Waals surface area (Å²) in [6, 6.07) is 24.1. The van der Waals surface area contributed by atoms with Gasteiger partial charge in [0.05, 0.1) is 6.42 Å². The van der Waals surface area contributed by atoms with E-state index in [0.29, 0.717) is 26.2 Å². The van der Waals surface area contributed by atoms with Gasteiger partial charge in [0.15, 0.2) is 0 Å². The lowest BCUT2D eigenvalue weighted by Crippen LogP contribution is -2.51. The van der Waals surface area contributed by atoms with Crippen LogP contribution in [0.25, 0.3) is 0 Å². The van der Waals surface area contributed by atoms with Crippen molar-refractivity contribution in [2.24, 2.45) is 0 Å². The molecule has 1 saturated heterocycles. The van der Waals surface area contributed by atoms with E-state index >= 15 is 0 Å². The molecule has 0 radical (unpaired) electrons. The Bertz CT molecular complexity index is 1060. The molecule has 0 spiro atoms. The first kappa shape index (κ1) is 21.8. The molecule has 2 amide bonds. The molecule has 0 aromatic heterocycles. The fourth-order valence-corrected chi connectivity index (χ4v) is 4.09. The molecule has 164 valence electrons. The SMILES string of the molecule is O=C(Cc1ccc(F)cc1)N1CCN(C(=O)c2ccccc2CCc2ccccc2)CC1. The number of hydrogen-bond acceptors (Lipinski definition) is 2. The van der Waals surface area contributed by atoms with Crippen LogP contribution in [0, 0.1) is 5.82 Å². The number of halogens is 1. The lowest BCUT2D eigenvalue weighted by molar-refractivity contribution is -0.131. The van der Waals surface area contributed by atoms with Gasteiger partial charge < -0.3 is 9.80 Å². The molecule has 1 heterocycles. The van der Waals surface area contributed by atoms with Gasteiger partial charge in [0.1, 0.15) is 5.82 Å². The molecule has 0 aliphatic carbocycles. The number of hydrogen-bond donors (Lipinski definition) is 0. The Morgan fingerprint density at radius 3 is 2.03 bits per heavy atom. The maximum atomic E-state index is 13.2. The van der Waals surface area contributed by atoms with E-state index in [2.05, 4.69) is 12.1 Å². The third kappa shape index (κ3) is 5.41. The molecule has 1 aliphatic heterocycles. The second-order valence-corrected chi connectivity index (χ2v) is 8.12. The van der Waals surface area contributed by atoms with Crippen molar-refractivity contribution in [3.05, 3.63) is 107 Å². The average molecular weight is 431 g/mol. The first-order chi connectivity index (χ1) is 15.6. The Balaban J connectivity index is 1.34. The summed E-state index contributed by atoms with van der Waals surface area (Å²) < 4.78 is 13.1. The minimum Gasteiger partial charge on any atom is -0.339 e. The number of rotatable bonds is 6. The zero-order valence-electron chi connectivity index (χ0n) is 18.0. The fourth-order valence-electron chi connectivity index (χ4n) is 4.09. The first-order valence-corrected chi connectivity index (χ1v) is 11.0. The van der Waals surface area contributed by atoms with E-state index in [1.807, 2.05) is 47.4 Å². The molecule has 0 bridgehead atoms. The Morgan fingerprint density at radius 2 is 1.31 bits per heavy atom. The van der Waals surface area contributed by atoms with Crippen LogP contribution >= 0.6 is 0 Å². The van der Waals surface area contributed by atoms with Gasteiger partial charge in [0.2, 0.25) is 5.91 Å². The van der Waals surface area contributed by atoms with Crippen molar-refractivity contribution in [2.75, 3.05) is 26.2 Å². The van der Waals surface area contributed by atoms with Gasteiger partial charge in [0, 0.05) is 31.7 Å². The summed E-state index contributed by atoms with van der Waals surface area (Å²) >= 11 is 0. The maximum absolute atomic E-state index is 13.2. The summed E-state index contributed by atoms with van der Waals surface area (Å²) in [5, 5.41) is 0. The highest BCUT2D eigenvalue weighted by molar-refractivity contribution is 5.96. The van der Waals surface area contributed by atoms with Crippen LogP contribution in [0.5, 0.6) is 0 Å². The van der Waals surface area contributed by atoms with E-state index in [1.165, 1.54) is 17.7 Å². The van der Waals surface area contributed by atoms with E-state index in [0.717, 1.165) is 29.5 Å². The van der Waals surface area contributed by atoms with E-state index in [1.54, 1.807) is 17.0 Å². The van der Waals surface area contributed by atoms with Crippen molar-refractivity contribution in [2.45, 2.75) is 19.3 Å². The van der Waals surface area contributed by atoms with Crippen LogP contribution in [0.15, 0.2) is 78.9 Å². The maximum Gasteiger partial charge on any atom is 0.254 e. The van der Waals surface area contributed by atoms with E-state index in [4.69, 9.17) is 0 Å². The van der Waals surface area contributed by atoms with Gasteiger partial charge in [-0.2, -0.15) is 0 Å². The monoisotopic (exact) mass is 430 g/mol. The van der Waals surface area contributed by atoms with E-state index < -0.39 is 0 Å². The summed E-state index contributed by atoms with van der Waals surface area (Å²) in [4.78, 5) is 29.4. The van der Waals surface area contributed by atoms with Crippen LogP contribution in [0.2, 0.25) is 0 Å². The number of benzene rings is 3. The molecule has 3 aromatic rings. The standard InChI is InChI=1S/C27H27FN2O2/c28-24-14-11-22(12-15-24)20-26(31)29-16-18-30(19-17-29)27(32)25-9-5-4-8-23(25)13-10-21-6-2-1-3-7-21/h1-9,11-12,14-15H,10,13,16-20H2. The highest BCUT2D eigenvalue weighted by atomic mass is 19.1. The van der Waals surface area contributed by atoms with Gasteiger partial charge in [-0.15, -0.1) is 0 Å². The zero-order valence-corrected chi connectivity index (χ0v) is 18.0. The van der Waals surface area contributed by atoms with Crippen LogP contribution in [0.1, 0.15) is 27.0 Å². The van der Waals surface area contributed by atoms with Crippen LogP contribution in [0.3, 0.4) is 0 Å². The average Bonchev–Trinajstić information content (AvgIpc) is 2.84. The van der Waals surface area contributed by atoms with Crippen molar-refractivity contribution >= 4 is 11.8 Å². The molecule has 0 unspecified atom stereocenters. The van der Waals surface area contributed by atoms with Crippen molar-refractivity contribution in [1.29, 1.82) is 0 Å². The summed E-state index contributed by atoms with van der Waals surface area (Å²) in [7, 11) is 0. The van der Waals surface area contributed by atoms with Crippen LogP contribution < -0.4 is 0 Å². The number of amides is 2. The highest BCUT2D eigenvalue weighted by Gasteiger charge is 2.26. The minimum atomic E-state index is -0.308. The molecular weight excluding hydrogens is 403 g/mol. The fraction of sp³-hybridized carbons (Fsp3) is 0.259. The summed E-state index contributed by atoms with van der Waals surface area (Å²) in [5.41, 5.74) is 3.84. The number of nitrogens with zero attached hydrogens (tertiary/aromatic N) is 2. The normalized spacial score (nSPS) is 13.8. The molecule has 1 fully saturated rings. The molecule has 4 rings (SSSR count). The third-order valence-corrected chi connectivity index (χ3v) is 5.96. The molecule has 4 nitrogen and oxygen atoms in total. The van der Waals surface area contributed by atoms with Gasteiger partial charge in [-0.1, -0.05) is 60.7 Å². The Hall–Kier alpha value is -3.47. The van der Waals surface area contributed by atoms with Crippen LogP contribution in [-0.4, -0.2) is 47.8 Å². The summed E-state index contributed by atoms with van der Waals surface area (Å²) in [6.45, 7) is 2.05. The first-order valence-electron chi connectivity index (χ1n) is 11.0. The molecular formula is C27H27FN2O2. The molecule has 0 saturated carbocycles. The van der Waals surface area contributed by atoms with Gasteiger partial charge in [-0.3, -0.25) is 9.59 Å². The molecule has 32 heavy (non-hydrogen) atoms. The Labute approximate surface area is 188 Å². The van der Waals surface area contributed by atoms with Gasteiger partial charge in [-0.05, 0) is 47.7 Å². The van der Waals surface area contributed by atoms with E-state index in [-0.39, 0.29) is 24.1 Å². The lowest BCUT2D eigenvalue weighted by atomic mass is 9.99. The van der Waals surface area contributed by atoms with Crippen molar-refractivity contribution < 1.29 is 14.0 Å². The Kier molecular flexibility index (Phi) is 6.95. The second-order valence-electron chi connectivity index (χ2n) is 8.12. The summed E-state index contributed by atoms with van der Waals surface area (Å²) in [6.07, 6.45) is 1.94. The van der Waals surface area contributed by atoms with Crippen molar-refractivity contribution in [1.82, 2.24) is 9.80 Å². The predicted molar refractivity (Wildman–Crippen MR) is 123 cm³/mol. The number of aryl methyl sites for hydroxylation is 2. The predicted octanol–water partition coefficient (Wildman–Crippen LogP) is 4.14. The van der Waals surface area contributed by atoms with Gasteiger partial charge in [-0.25, -0.2) is 4.39 Å². The van der Waals surface area contributed by atoms with E-state index in [9.17, 15) is 14.0 Å². The molecule has 0 atom stereocenters. The van der Waals surface area contributed by atoms with Crippen molar-refractivity contribution in [3.8, 4) is 0 Å². The van der Waals surface area contributed by atoms with Crippen LogP contribution in [-0.2, 0) is 24.1 Å². The second kappa shape index (κ2) is 10.2. The topological polar surface area (TPSA) is 40.6 Å². The number of piperazine rings is 1. The molecule has 5 heteroatoms. The quantitative estimate of drug-likeness (QED) is 0.590. The zero-order chi connectivity index (χ0) is 22.3. The molecule has 3 aromatic carbocycles. The minimum absolute atomic E-state index is 0.00645. The van der Waals surface area contributed by atoms with Gasteiger partial charge >= 0.3 is 0 Å². The third-order valence-electron chi connectivity index (χ3n) is 5.96.